The fourth-order valence-corrected chi connectivity index (χ4v) is 5.30. The maximum absolute atomic E-state index is 10.9. The zero-order valence-corrected chi connectivity index (χ0v) is 25.7. The number of phenols is 1. The summed E-state index contributed by atoms with van der Waals surface area (Å²) < 4.78 is 0. The highest BCUT2D eigenvalue weighted by Crippen LogP contribution is 2.22. The number of aliphatic imine (C=N–C) groups is 1. The largest absolute Gasteiger partial charge is 0.872 e. The third-order valence-electron chi connectivity index (χ3n) is 7.19. The molecule has 4 aromatic carbocycles. The first-order chi connectivity index (χ1) is 19.8. The van der Waals surface area contributed by atoms with E-state index < -0.39 is 5.97 Å². The molecule has 3 N–H and O–H groups in total. The van der Waals surface area contributed by atoms with Crippen molar-refractivity contribution in [3.63, 3.8) is 0 Å². The van der Waals surface area contributed by atoms with Crippen molar-refractivity contribution < 1.29 is 25.0 Å². The van der Waals surface area contributed by atoms with Crippen LogP contribution in [0.3, 0.4) is 0 Å². The summed E-state index contributed by atoms with van der Waals surface area (Å²) in [7, 11) is 0. The molecule has 0 aliphatic carbocycles. The molecule has 6 nitrogen and oxygen atoms in total. The first-order valence-electron chi connectivity index (χ1n) is 13.8. The highest BCUT2D eigenvalue weighted by atomic mass is 16.4. The minimum Gasteiger partial charge on any atom is -0.872 e. The van der Waals surface area contributed by atoms with Gasteiger partial charge >= 0.3 is 5.97 Å². The molecule has 0 radical (unpaired) electrons. The molecule has 1 aliphatic heterocycles. The van der Waals surface area contributed by atoms with E-state index in [-0.39, 0.29) is 11.3 Å². The lowest BCUT2D eigenvalue weighted by Crippen LogP contribution is -3.05. The molecular weight excluding hydrogens is 524 g/mol. The van der Waals surface area contributed by atoms with E-state index in [4.69, 9.17) is 15.2 Å². The number of hydrogen-bond acceptors (Lipinski definition) is 4. The number of carboxylic acid groups (broad SMARTS) is 1. The van der Waals surface area contributed by atoms with Gasteiger partial charge in [-0.3, -0.25) is 0 Å². The van der Waals surface area contributed by atoms with E-state index in [9.17, 15) is 9.90 Å². The third-order valence-corrected chi connectivity index (χ3v) is 7.19. The number of aromatic carboxylic acids is 1. The average Bonchev–Trinajstić information content (AvgIpc) is 3.35. The number of para-hydroxylation sites is 1. The number of hydrogen-bond donors (Lipinski definition) is 3. The van der Waals surface area contributed by atoms with Crippen LogP contribution in [0.25, 0.3) is 0 Å². The second kappa shape index (κ2) is 13.8. The first kappa shape index (κ1) is 31.8. The van der Waals surface area contributed by atoms with Crippen LogP contribution in [0.1, 0.15) is 60.4 Å². The highest BCUT2D eigenvalue weighted by Gasteiger charge is 2.29. The summed E-state index contributed by atoms with van der Waals surface area (Å²) in [5, 5.41) is 28.4. The summed E-state index contributed by atoms with van der Waals surface area (Å²) in [5.74, 6) is 0.188. The molecule has 5 rings (SSSR count). The number of phenolic OH excluding ortho intramolecular Hbond substituents is 1. The molecule has 6 heteroatoms. The Morgan fingerprint density at radius 3 is 1.76 bits per heavy atom. The van der Waals surface area contributed by atoms with Crippen LogP contribution in [0.2, 0.25) is 0 Å². The molecule has 0 aromatic heterocycles. The predicted octanol–water partition coefficient (Wildman–Crippen LogP) is 6.45. The molecule has 0 saturated carbocycles. The molecule has 1 unspecified atom stereocenters. The molecule has 1 aliphatic rings. The minimum atomic E-state index is -1.06. The van der Waals surface area contributed by atoms with Gasteiger partial charge in [0.2, 0.25) is 5.84 Å². The molecule has 4 aromatic rings. The van der Waals surface area contributed by atoms with E-state index in [1.165, 1.54) is 74.7 Å². The third kappa shape index (κ3) is 7.53. The number of carbonyl (C=O) groups is 1. The van der Waals surface area contributed by atoms with Gasteiger partial charge in [0, 0.05) is 11.1 Å². The number of quaternary nitrogens is 1. The maximum Gasteiger partial charge on any atom is 0.335 e. The number of carboxylic acids is 1. The van der Waals surface area contributed by atoms with Crippen molar-refractivity contribution in [2.75, 3.05) is 0 Å². The molecular formula is C36H40N2O4. The van der Waals surface area contributed by atoms with Gasteiger partial charge in [-0.1, -0.05) is 65.7 Å². The summed E-state index contributed by atoms with van der Waals surface area (Å²) >= 11 is 0. The van der Waals surface area contributed by atoms with E-state index in [1.54, 1.807) is 6.07 Å². The Morgan fingerprint density at radius 1 is 0.738 bits per heavy atom. The van der Waals surface area contributed by atoms with Gasteiger partial charge in [-0.15, -0.1) is 5.75 Å². The number of nitrogens with zero attached hydrogens (tertiary/aromatic N) is 1. The minimum absolute atomic E-state index is 0.0810. The van der Waals surface area contributed by atoms with Gasteiger partial charge < -0.3 is 15.3 Å². The Morgan fingerprint density at radius 2 is 1.29 bits per heavy atom. The Bertz CT molecular complexity index is 1600. The Balaban J connectivity index is 0.000000210. The van der Waals surface area contributed by atoms with Crippen molar-refractivity contribution in [3.05, 3.63) is 135 Å². The van der Waals surface area contributed by atoms with Crippen LogP contribution in [0.5, 0.6) is 11.5 Å². The molecule has 0 fully saturated rings. The highest BCUT2D eigenvalue weighted by molar-refractivity contribution is 5.98. The summed E-state index contributed by atoms with van der Waals surface area (Å²) in [6, 6.07) is 20.5. The van der Waals surface area contributed by atoms with E-state index in [1.807, 2.05) is 31.3 Å². The van der Waals surface area contributed by atoms with Gasteiger partial charge in [-0.2, -0.15) is 4.99 Å². The average molecular weight is 565 g/mol. The molecule has 1 atom stereocenters. The number of aromatic hydroxyl groups is 1. The second-order valence-corrected chi connectivity index (χ2v) is 10.8. The fraction of sp³-hybridized carbons (Fsp3) is 0.222. The molecule has 0 amide bonds. The summed E-state index contributed by atoms with van der Waals surface area (Å²) in [6.07, 6.45) is 4.08. The van der Waals surface area contributed by atoms with E-state index in [0.29, 0.717) is 11.3 Å². The van der Waals surface area contributed by atoms with Crippen LogP contribution in [-0.2, 0) is 0 Å². The van der Waals surface area contributed by atoms with Crippen LogP contribution >= 0.6 is 0 Å². The SMILES string of the molecule is Cc1c([O-])cccc1C(=O)O.Cc1cc(C)c(C2=NC=C[NH+]2c2c(C)cc(C)cc2C)c(C)c1.Cc1ccccc1O. The van der Waals surface area contributed by atoms with Gasteiger partial charge in [-0.05, 0) is 89.8 Å². The van der Waals surface area contributed by atoms with E-state index in [2.05, 4.69) is 72.0 Å². The van der Waals surface area contributed by atoms with Crippen LogP contribution in [0.4, 0.5) is 5.69 Å². The van der Waals surface area contributed by atoms with Crippen molar-refractivity contribution in [3.8, 4) is 11.5 Å². The summed E-state index contributed by atoms with van der Waals surface area (Å²) in [5.41, 5.74) is 11.7. The summed E-state index contributed by atoms with van der Waals surface area (Å²) in [4.78, 5) is 16.4. The number of rotatable bonds is 3. The molecule has 1 heterocycles. The quantitative estimate of drug-likeness (QED) is 0.266. The topological polar surface area (TPSA) is 97.4 Å². The molecule has 0 spiro atoms. The number of nitrogens with one attached hydrogen (secondary N) is 1. The lowest BCUT2D eigenvalue weighted by molar-refractivity contribution is -0.663. The zero-order valence-electron chi connectivity index (χ0n) is 25.7. The zero-order chi connectivity index (χ0) is 31.1. The standard InChI is InChI=1S/C21H24N2.C8H8O3.C7H8O/c1-13-9-15(3)19(16(4)10-13)21-22-7-8-23(21)20-17(5)11-14(2)12-18(20)6;1-5-6(8(10)11)3-2-4-7(5)9;1-6-4-2-3-5-7(6)8/h7-12H,1-6H3;2-4,9H,1H3,(H,10,11);2-5,8H,1H3. The molecule has 0 saturated heterocycles. The van der Waals surface area contributed by atoms with Gasteiger partial charge in [-0.25, -0.2) is 9.69 Å². The van der Waals surface area contributed by atoms with Crippen LogP contribution in [0.15, 0.2) is 84.1 Å². The Labute approximate surface area is 248 Å². The van der Waals surface area contributed by atoms with Crippen LogP contribution in [0, 0.1) is 55.4 Å². The van der Waals surface area contributed by atoms with Gasteiger partial charge in [0.05, 0.1) is 17.3 Å². The van der Waals surface area contributed by atoms with Gasteiger partial charge in [0.25, 0.3) is 0 Å². The predicted molar refractivity (Wildman–Crippen MR) is 168 cm³/mol. The second-order valence-electron chi connectivity index (χ2n) is 10.8. The number of aryl methyl sites for hydroxylation is 7. The number of amidine groups is 1. The van der Waals surface area contributed by atoms with E-state index >= 15 is 0 Å². The Hall–Kier alpha value is -4.68. The lowest BCUT2D eigenvalue weighted by atomic mass is 9.97. The van der Waals surface area contributed by atoms with Crippen molar-refractivity contribution in [2.45, 2.75) is 55.4 Å². The van der Waals surface area contributed by atoms with Gasteiger partial charge in [0.15, 0.2) is 0 Å². The van der Waals surface area contributed by atoms with Crippen molar-refractivity contribution >= 4 is 17.5 Å². The monoisotopic (exact) mass is 564 g/mol. The van der Waals surface area contributed by atoms with E-state index in [0.717, 1.165) is 11.4 Å². The van der Waals surface area contributed by atoms with Crippen LogP contribution < -0.4 is 10.0 Å². The fourth-order valence-electron chi connectivity index (χ4n) is 5.30. The maximum atomic E-state index is 10.9. The lowest BCUT2D eigenvalue weighted by Gasteiger charge is -2.19. The summed E-state index contributed by atoms with van der Waals surface area (Å²) in [6.45, 7) is 16.4. The van der Waals surface area contributed by atoms with Crippen LogP contribution in [-0.4, -0.2) is 22.0 Å². The Kier molecular flexibility index (Phi) is 10.5. The smallest absolute Gasteiger partial charge is 0.335 e. The normalized spacial score (nSPS) is 13.4. The molecule has 0 bridgehead atoms. The molecule has 218 valence electrons. The molecule has 42 heavy (non-hydrogen) atoms. The van der Waals surface area contributed by atoms with Gasteiger partial charge in [0.1, 0.15) is 17.6 Å². The number of benzene rings is 4. The van der Waals surface area contributed by atoms with Crippen molar-refractivity contribution in [1.82, 2.24) is 0 Å². The van der Waals surface area contributed by atoms with Crippen molar-refractivity contribution in [2.24, 2.45) is 4.99 Å². The first-order valence-corrected chi connectivity index (χ1v) is 13.8. The van der Waals surface area contributed by atoms with Crippen molar-refractivity contribution in [1.29, 1.82) is 0 Å².